The zero-order valence-corrected chi connectivity index (χ0v) is 14.9. The molecule has 0 radical (unpaired) electrons. The van der Waals surface area contributed by atoms with Crippen LogP contribution in [-0.2, 0) is 0 Å². The van der Waals surface area contributed by atoms with Crippen molar-refractivity contribution in [3.05, 3.63) is 60.2 Å². The highest BCUT2D eigenvalue weighted by Crippen LogP contribution is 2.40. The first-order chi connectivity index (χ1) is 12.2. The van der Waals surface area contributed by atoms with Crippen LogP contribution in [0.1, 0.15) is 29.6 Å². The van der Waals surface area contributed by atoms with Crippen molar-refractivity contribution >= 4 is 5.91 Å². The second-order valence-electron chi connectivity index (χ2n) is 7.73. The van der Waals surface area contributed by atoms with Crippen LogP contribution < -0.4 is 0 Å². The van der Waals surface area contributed by atoms with Gasteiger partial charge in [-0.3, -0.25) is 4.79 Å². The van der Waals surface area contributed by atoms with Gasteiger partial charge in [-0.05, 0) is 68.1 Å². The van der Waals surface area contributed by atoms with E-state index in [1.807, 2.05) is 36.4 Å². The van der Waals surface area contributed by atoms with Gasteiger partial charge < -0.3 is 9.80 Å². The average molecular weight is 334 g/mol. The van der Waals surface area contributed by atoms with Gasteiger partial charge in [0.25, 0.3) is 5.91 Å². The van der Waals surface area contributed by atoms with Gasteiger partial charge in [-0.2, -0.15) is 0 Å². The third kappa shape index (κ3) is 3.34. The summed E-state index contributed by atoms with van der Waals surface area (Å²) < 4.78 is 0. The second-order valence-corrected chi connectivity index (χ2v) is 7.73. The highest BCUT2D eigenvalue weighted by atomic mass is 16.2. The lowest BCUT2D eigenvalue weighted by atomic mass is 9.78. The van der Waals surface area contributed by atoms with Crippen LogP contribution in [0.3, 0.4) is 0 Å². The van der Waals surface area contributed by atoms with E-state index < -0.39 is 0 Å². The van der Waals surface area contributed by atoms with Crippen LogP contribution in [0, 0.1) is 5.41 Å². The van der Waals surface area contributed by atoms with Crippen LogP contribution in [0.2, 0.25) is 0 Å². The predicted octanol–water partition coefficient (Wildman–Crippen LogP) is 3.91. The molecule has 2 saturated heterocycles. The summed E-state index contributed by atoms with van der Waals surface area (Å²) in [5.74, 6) is 0.189. The molecule has 0 bridgehead atoms. The largest absolute Gasteiger partial charge is 0.338 e. The van der Waals surface area contributed by atoms with Crippen LogP contribution in [0.5, 0.6) is 0 Å². The van der Waals surface area contributed by atoms with Gasteiger partial charge in [0, 0.05) is 18.7 Å². The topological polar surface area (TPSA) is 23.6 Å². The molecule has 25 heavy (non-hydrogen) atoms. The molecule has 0 N–H and O–H groups in total. The molecular weight excluding hydrogens is 308 g/mol. The minimum atomic E-state index is 0.189. The van der Waals surface area contributed by atoms with Crippen molar-refractivity contribution in [2.45, 2.75) is 19.3 Å². The van der Waals surface area contributed by atoms with Gasteiger partial charge in [0.1, 0.15) is 0 Å². The van der Waals surface area contributed by atoms with E-state index in [2.05, 4.69) is 35.0 Å². The van der Waals surface area contributed by atoms with Crippen molar-refractivity contribution < 1.29 is 4.79 Å². The Morgan fingerprint density at radius 3 is 2.32 bits per heavy atom. The normalized spacial score (nSPS) is 20.1. The Kier molecular flexibility index (Phi) is 4.34. The van der Waals surface area contributed by atoms with Crippen molar-refractivity contribution in [3.8, 4) is 11.1 Å². The molecule has 2 aliphatic rings. The number of benzene rings is 2. The first-order valence-electron chi connectivity index (χ1n) is 9.29. The van der Waals surface area contributed by atoms with Crippen LogP contribution in [0.4, 0.5) is 0 Å². The maximum absolute atomic E-state index is 13.0. The number of rotatable bonds is 2. The van der Waals surface area contributed by atoms with Gasteiger partial charge in [-0.15, -0.1) is 0 Å². The summed E-state index contributed by atoms with van der Waals surface area (Å²) in [5, 5.41) is 0. The molecule has 1 spiro atoms. The zero-order valence-electron chi connectivity index (χ0n) is 14.9. The van der Waals surface area contributed by atoms with Crippen molar-refractivity contribution in [2.75, 3.05) is 33.2 Å². The summed E-state index contributed by atoms with van der Waals surface area (Å²) >= 11 is 0. The summed E-state index contributed by atoms with van der Waals surface area (Å²) in [6.45, 7) is 4.14. The Balaban J connectivity index is 1.50. The molecule has 2 fully saturated rings. The number of nitrogens with zero attached hydrogens (tertiary/aromatic N) is 2. The van der Waals surface area contributed by atoms with Gasteiger partial charge in [0.15, 0.2) is 0 Å². The number of likely N-dealkylation sites (tertiary alicyclic amines) is 2. The Hall–Kier alpha value is -2.13. The molecule has 130 valence electrons. The van der Waals surface area contributed by atoms with E-state index in [0.29, 0.717) is 5.41 Å². The van der Waals surface area contributed by atoms with E-state index in [1.165, 1.54) is 12.8 Å². The highest BCUT2D eigenvalue weighted by Gasteiger charge is 2.41. The molecule has 3 nitrogen and oxygen atoms in total. The zero-order chi connectivity index (χ0) is 17.3. The van der Waals surface area contributed by atoms with E-state index in [4.69, 9.17) is 0 Å². The fourth-order valence-corrected chi connectivity index (χ4v) is 4.25. The maximum atomic E-state index is 13.0. The Morgan fingerprint density at radius 2 is 1.56 bits per heavy atom. The molecule has 2 heterocycles. The lowest BCUT2D eigenvalue weighted by Gasteiger charge is -2.37. The number of carbonyl (C=O) groups is 1. The fourth-order valence-electron chi connectivity index (χ4n) is 4.25. The summed E-state index contributed by atoms with van der Waals surface area (Å²) in [6, 6.07) is 18.3. The SMILES string of the molecule is CN1CCC2(CC1)CCN(C(=O)c1cccc(-c3ccccc3)c1)C2. The lowest BCUT2D eigenvalue weighted by molar-refractivity contribution is 0.0736. The van der Waals surface area contributed by atoms with Gasteiger partial charge in [0.05, 0.1) is 0 Å². The summed E-state index contributed by atoms with van der Waals surface area (Å²) in [5.41, 5.74) is 3.44. The van der Waals surface area contributed by atoms with Crippen LogP contribution in [0.15, 0.2) is 54.6 Å². The molecule has 1 amide bonds. The van der Waals surface area contributed by atoms with E-state index in [-0.39, 0.29) is 5.91 Å². The van der Waals surface area contributed by atoms with Crippen LogP contribution in [0.25, 0.3) is 11.1 Å². The fraction of sp³-hybridized carbons (Fsp3) is 0.409. The molecule has 2 aliphatic heterocycles. The summed E-state index contributed by atoms with van der Waals surface area (Å²) in [7, 11) is 2.19. The summed E-state index contributed by atoms with van der Waals surface area (Å²) in [6.07, 6.45) is 3.60. The molecule has 3 heteroatoms. The standard InChI is InChI=1S/C22H26N2O/c1-23-13-10-22(11-14-23)12-15-24(17-22)21(25)20-9-5-8-19(16-20)18-6-3-2-4-7-18/h2-9,16H,10-15,17H2,1H3. The molecule has 4 rings (SSSR count). The Morgan fingerprint density at radius 1 is 0.880 bits per heavy atom. The van der Waals surface area contributed by atoms with E-state index in [1.54, 1.807) is 0 Å². The molecular formula is C22H26N2O. The number of hydrogen-bond acceptors (Lipinski definition) is 2. The smallest absolute Gasteiger partial charge is 0.253 e. The van der Waals surface area contributed by atoms with Gasteiger partial charge in [-0.25, -0.2) is 0 Å². The Labute approximate surface area is 150 Å². The number of hydrogen-bond donors (Lipinski definition) is 0. The van der Waals surface area contributed by atoms with Crippen molar-refractivity contribution in [1.82, 2.24) is 9.80 Å². The number of carbonyl (C=O) groups excluding carboxylic acids is 1. The average Bonchev–Trinajstić information content (AvgIpc) is 3.08. The number of amides is 1. The maximum Gasteiger partial charge on any atom is 0.253 e. The molecule has 2 aromatic rings. The first-order valence-corrected chi connectivity index (χ1v) is 9.29. The molecule has 0 aromatic heterocycles. The van der Waals surface area contributed by atoms with Crippen molar-refractivity contribution in [2.24, 2.45) is 5.41 Å². The van der Waals surface area contributed by atoms with Crippen LogP contribution in [-0.4, -0.2) is 48.9 Å². The van der Waals surface area contributed by atoms with Crippen molar-refractivity contribution in [3.63, 3.8) is 0 Å². The van der Waals surface area contributed by atoms with Crippen LogP contribution >= 0.6 is 0 Å². The third-order valence-corrected chi connectivity index (χ3v) is 5.99. The molecule has 2 aromatic carbocycles. The van der Waals surface area contributed by atoms with Gasteiger partial charge in [-0.1, -0.05) is 42.5 Å². The van der Waals surface area contributed by atoms with Crippen molar-refractivity contribution in [1.29, 1.82) is 0 Å². The van der Waals surface area contributed by atoms with Gasteiger partial charge >= 0.3 is 0 Å². The molecule has 0 aliphatic carbocycles. The first kappa shape index (κ1) is 16.3. The molecule has 0 unspecified atom stereocenters. The lowest BCUT2D eigenvalue weighted by Crippen LogP contribution is -2.40. The monoisotopic (exact) mass is 334 g/mol. The minimum Gasteiger partial charge on any atom is -0.338 e. The third-order valence-electron chi connectivity index (χ3n) is 5.99. The molecule has 0 saturated carbocycles. The highest BCUT2D eigenvalue weighted by molar-refractivity contribution is 5.95. The van der Waals surface area contributed by atoms with E-state index >= 15 is 0 Å². The number of piperidine rings is 1. The summed E-state index contributed by atoms with van der Waals surface area (Å²) in [4.78, 5) is 17.5. The Bertz CT molecular complexity index is 748. The van der Waals surface area contributed by atoms with E-state index in [9.17, 15) is 4.79 Å². The van der Waals surface area contributed by atoms with Gasteiger partial charge in [0.2, 0.25) is 0 Å². The van der Waals surface area contributed by atoms with E-state index in [0.717, 1.165) is 49.3 Å². The quantitative estimate of drug-likeness (QED) is 0.831. The predicted molar refractivity (Wildman–Crippen MR) is 102 cm³/mol. The second kappa shape index (κ2) is 6.64. The molecule has 0 atom stereocenters. The minimum absolute atomic E-state index is 0.189.